The Morgan fingerprint density at radius 3 is 2.28 bits per heavy atom. The van der Waals surface area contributed by atoms with Crippen molar-refractivity contribution >= 4 is 23.2 Å². The normalized spacial score (nSPS) is 10.7. The molecular formula is C27H21ClFN3O4. The molecular weight excluding hydrogens is 485 g/mol. The molecule has 2 aromatic heterocycles. The second-order valence-corrected chi connectivity index (χ2v) is 8.17. The molecule has 4 rings (SSSR count). The summed E-state index contributed by atoms with van der Waals surface area (Å²) in [7, 11) is 2.98. The summed E-state index contributed by atoms with van der Waals surface area (Å²) in [4.78, 5) is 38.1. The Labute approximate surface area is 211 Å². The van der Waals surface area contributed by atoms with Gasteiger partial charge in [0.2, 0.25) is 0 Å². The van der Waals surface area contributed by atoms with E-state index in [1.54, 1.807) is 36.7 Å². The molecule has 182 valence electrons. The number of ketones is 2. The molecule has 0 fully saturated rings. The molecule has 0 aliphatic heterocycles. The summed E-state index contributed by atoms with van der Waals surface area (Å²) in [6, 6.07) is 12.3. The van der Waals surface area contributed by atoms with Crippen LogP contribution >= 0.6 is 11.6 Å². The predicted octanol–water partition coefficient (Wildman–Crippen LogP) is 5.86. The van der Waals surface area contributed by atoms with E-state index in [2.05, 4.69) is 15.0 Å². The fourth-order valence-corrected chi connectivity index (χ4v) is 3.84. The zero-order valence-corrected chi connectivity index (χ0v) is 20.3. The highest BCUT2D eigenvalue weighted by atomic mass is 35.5. The van der Waals surface area contributed by atoms with E-state index in [-0.39, 0.29) is 35.1 Å². The van der Waals surface area contributed by atoms with Crippen molar-refractivity contribution < 1.29 is 23.5 Å². The molecule has 0 aliphatic rings. The maximum absolute atomic E-state index is 13.6. The summed E-state index contributed by atoms with van der Waals surface area (Å²) >= 11 is 5.91. The molecule has 9 heteroatoms. The van der Waals surface area contributed by atoms with Crippen LogP contribution < -0.4 is 9.47 Å². The summed E-state index contributed by atoms with van der Waals surface area (Å²) in [6.07, 6.45) is 4.68. The summed E-state index contributed by atoms with van der Waals surface area (Å²) < 4.78 is 24.4. The standard InChI is InChI=1S/C27H21ClFN3O4/c1-35-25-10-7-22(32-27(25)17-4-6-21(29)20(28)11-17)24(34)9-8-23(33)16-3-5-19(26(12-16)36-2)18-13-30-15-31-14-18/h3-7,10-15H,8-9H2,1-2H3. The van der Waals surface area contributed by atoms with Crippen LogP contribution in [0.1, 0.15) is 33.7 Å². The number of ether oxygens (including phenoxy) is 2. The Balaban J connectivity index is 1.50. The first kappa shape index (κ1) is 24.9. The molecule has 7 nitrogen and oxygen atoms in total. The van der Waals surface area contributed by atoms with E-state index >= 15 is 0 Å². The average molecular weight is 506 g/mol. The minimum atomic E-state index is -0.563. The van der Waals surface area contributed by atoms with Gasteiger partial charge in [0.15, 0.2) is 11.6 Å². The third-order valence-corrected chi connectivity index (χ3v) is 5.82. The lowest BCUT2D eigenvalue weighted by Gasteiger charge is -2.11. The SMILES string of the molecule is COc1cc(C(=O)CCC(=O)c2ccc(OC)c(-c3ccc(F)c(Cl)c3)n2)ccc1-c1cncnc1. The molecule has 0 spiro atoms. The minimum Gasteiger partial charge on any atom is -0.496 e. The number of hydrogen-bond donors (Lipinski definition) is 0. The summed E-state index contributed by atoms with van der Waals surface area (Å²) in [5.41, 5.74) is 2.94. The number of pyridine rings is 1. The van der Waals surface area contributed by atoms with Crippen molar-refractivity contribution in [2.45, 2.75) is 12.8 Å². The Bertz CT molecular complexity index is 1430. The van der Waals surface area contributed by atoms with E-state index in [4.69, 9.17) is 21.1 Å². The number of carbonyl (C=O) groups excluding carboxylic acids is 2. The number of aromatic nitrogens is 3. The summed E-state index contributed by atoms with van der Waals surface area (Å²) in [5, 5.41) is -0.0695. The van der Waals surface area contributed by atoms with Crippen LogP contribution in [0.25, 0.3) is 22.4 Å². The van der Waals surface area contributed by atoms with Crippen LogP contribution in [-0.2, 0) is 0 Å². The molecule has 36 heavy (non-hydrogen) atoms. The van der Waals surface area contributed by atoms with Crippen molar-refractivity contribution in [3.63, 3.8) is 0 Å². The second kappa shape index (κ2) is 11.0. The Hall–Kier alpha value is -4.17. The van der Waals surface area contributed by atoms with Crippen LogP contribution in [-0.4, -0.2) is 40.7 Å². The quantitative estimate of drug-likeness (QED) is 0.263. The molecule has 0 N–H and O–H groups in total. The van der Waals surface area contributed by atoms with Crippen LogP contribution in [0, 0.1) is 5.82 Å². The van der Waals surface area contributed by atoms with E-state index < -0.39 is 5.82 Å². The van der Waals surface area contributed by atoms with Gasteiger partial charge in [-0.1, -0.05) is 17.7 Å². The van der Waals surface area contributed by atoms with Crippen LogP contribution in [0.15, 0.2) is 67.3 Å². The predicted molar refractivity (Wildman–Crippen MR) is 133 cm³/mol. The topological polar surface area (TPSA) is 91.3 Å². The van der Waals surface area contributed by atoms with Gasteiger partial charge in [0.1, 0.15) is 35.0 Å². The molecule has 0 atom stereocenters. The number of nitrogens with zero attached hydrogens (tertiary/aromatic N) is 3. The Morgan fingerprint density at radius 1 is 0.861 bits per heavy atom. The molecule has 2 aromatic carbocycles. The van der Waals surface area contributed by atoms with Crippen molar-refractivity contribution in [1.82, 2.24) is 15.0 Å². The Kier molecular flexibility index (Phi) is 7.65. The van der Waals surface area contributed by atoms with Crippen molar-refractivity contribution in [1.29, 1.82) is 0 Å². The molecule has 0 radical (unpaired) electrons. The van der Waals surface area contributed by atoms with Crippen molar-refractivity contribution in [2.75, 3.05) is 14.2 Å². The van der Waals surface area contributed by atoms with Gasteiger partial charge < -0.3 is 9.47 Å². The van der Waals surface area contributed by atoms with E-state index in [9.17, 15) is 14.0 Å². The lowest BCUT2D eigenvalue weighted by atomic mass is 9.99. The first-order valence-electron chi connectivity index (χ1n) is 10.9. The number of Topliss-reactive ketones (excluding diaryl/α,β-unsaturated/α-hetero) is 2. The third kappa shape index (κ3) is 5.39. The molecule has 0 saturated heterocycles. The largest absolute Gasteiger partial charge is 0.496 e. The molecule has 4 aromatic rings. The van der Waals surface area contributed by atoms with Crippen LogP contribution in [0.4, 0.5) is 4.39 Å². The fourth-order valence-electron chi connectivity index (χ4n) is 3.66. The average Bonchev–Trinajstić information content (AvgIpc) is 2.92. The van der Waals surface area contributed by atoms with Crippen LogP contribution in [0.2, 0.25) is 5.02 Å². The van der Waals surface area contributed by atoms with Gasteiger partial charge in [0.25, 0.3) is 0 Å². The number of methoxy groups -OCH3 is 2. The van der Waals surface area contributed by atoms with Gasteiger partial charge in [0, 0.05) is 47.5 Å². The van der Waals surface area contributed by atoms with Gasteiger partial charge in [-0.2, -0.15) is 0 Å². The van der Waals surface area contributed by atoms with Crippen molar-refractivity contribution in [3.8, 4) is 33.9 Å². The molecule has 0 amide bonds. The van der Waals surface area contributed by atoms with Gasteiger partial charge >= 0.3 is 0 Å². The fraction of sp³-hybridized carbons (Fsp3) is 0.148. The van der Waals surface area contributed by atoms with Crippen LogP contribution in [0.3, 0.4) is 0 Å². The first-order valence-corrected chi connectivity index (χ1v) is 11.3. The van der Waals surface area contributed by atoms with Gasteiger partial charge in [-0.05, 0) is 42.5 Å². The lowest BCUT2D eigenvalue weighted by Crippen LogP contribution is -2.08. The zero-order valence-electron chi connectivity index (χ0n) is 19.5. The van der Waals surface area contributed by atoms with Gasteiger partial charge in [-0.25, -0.2) is 19.3 Å². The maximum atomic E-state index is 13.6. The molecule has 0 unspecified atom stereocenters. The number of hydrogen-bond acceptors (Lipinski definition) is 7. The van der Waals surface area contributed by atoms with E-state index in [0.29, 0.717) is 28.3 Å². The number of carbonyl (C=O) groups is 2. The van der Waals surface area contributed by atoms with Gasteiger partial charge in [0.05, 0.1) is 19.2 Å². The van der Waals surface area contributed by atoms with E-state index in [0.717, 1.165) is 11.1 Å². The zero-order chi connectivity index (χ0) is 25.7. The maximum Gasteiger partial charge on any atom is 0.181 e. The minimum absolute atomic E-state index is 0.0127. The number of rotatable bonds is 9. The smallest absolute Gasteiger partial charge is 0.181 e. The first-order chi connectivity index (χ1) is 17.4. The molecule has 0 saturated carbocycles. The molecule has 2 heterocycles. The van der Waals surface area contributed by atoms with Gasteiger partial charge in [-0.3, -0.25) is 9.59 Å². The monoisotopic (exact) mass is 505 g/mol. The highest BCUT2D eigenvalue weighted by Gasteiger charge is 2.18. The molecule has 0 aliphatic carbocycles. The van der Waals surface area contributed by atoms with Crippen LogP contribution in [0.5, 0.6) is 11.5 Å². The molecule has 0 bridgehead atoms. The van der Waals surface area contributed by atoms with Gasteiger partial charge in [-0.15, -0.1) is 0 Å². The second-order valence-electron chi connectivity index (χ2n) is 7.76. The van der Waals surface area contributed by atoms with Crippen molar-refractivity contribution in [2.24, 2.45) is 0 Å². The number of benzene rings is 2. The third-order valence-electron chi connectivity index (χ3n) is 5.53. The lowest BCUT2D eigenvalue weighted by molar-refractivity contribution is 0.0915. The van der Waals surface area contributed by atoms with Crippen molar-refractivity contribution in [3.05, 3.63) is 89.3 Å². The van der Waals surface area contributed by atoms with E-state index in [1.165, 1.54) is 44.8 Å². The summed E-state index contributed by atoms with van der Waals surface area (Å²) in [6.45, 7) is 0. The Morgan fingerprint density at radius 2 is 1.58 bits per heavy atom. The number of halogens is 2. The highest BCUT2D eigenvalue weighted by Crippen LogP contribution is 2.32. The highest BCUT2D eigenvalue weighted by molar-refractivity contribution is 6.31. The summed E-state index contributed by atoms with van der Waals surface area (Å²) in [5.74, 6) is -0.184. The van der Waals surface area contributed by atoms with E-state index in [1.807, 2.05) is 0 Å².